The number of pyridine rings is 1. The molecule has 0 amide bonds. The number of rotatable bonds is 13. The van der Waals surface area contributed by atoms with E-state index in [0.717, 1.165) is 17.5 Å². The van der Waals surface area contributed by atoms with Crippen LogP contribution in [0.15, 0.2) is 78.0 Å². The van der Waals surface area contributed by atoms with Crippen molar-refractivity contribution in [2.24, 2.45) is 0 Å². The van der Waals surface area contributed by atoms with Gasteiger partial charge in [0, 0.05) is 24.2 Å². The summed E-state index contributed by atoms with van der Waals surface area (Å²) in [7, 11) is -2.31. The number of sulfonamides is 1. The molecular formula is C26H29ClN2O5S. The summed E-state index contributed by atoms with van der Waals surface area (Å²) in [5.41, 5.74) is 2.02. The number of benzene rings is 2. The molecule has 1 N–H and O–H groups in total. The van der Waals surface area contributed by atoms with Crippen molar-refractivity contribution in [3.63, 3.8) is 0 Å². The van der Waals surface area contributed by atoms with Crippen molar-refractivity contribution in [3.05, 3.63) is 89.2 Å². The van der Waals surface area contributed by atoms with E-state index in [-0.39, 0.29) is 23.3 Å². The fourth-order valence-corrected chi connectivity index (χ4v) is 4.76. The molecule has 0 aliphatic carbocycles. The number of aryl methyl sites for hydroxylation is 1. The van der Waals surface area contributed by atoms with Crippen LogP contribution < -0.4 is 9.46 Å². The normalized spacial score (nSPS) is 12.2. The summed E-state index contributed by atoms with van der Waals surface area (Å²) in [6, 6.07) is 17.6. The molecule has 2 aromatic carbocycles. The first kappa shape index (κ1) is 26.7. The first-order chi connectivity index (χ1) is 16.9. The van der Waals surface area contributed by atoms with Gasteiger partial charge < -0.3 is 9.47 Å². The van der Waals surface area contributed by atoms with E-state index in [1.54, 1.807) is 24.5 Å². The van der Waals surface area contributed by atoms with E-state index in [1.807, 2.05) is 36.4 Å². The van der Waals surface area contributed by atoms with Crippen LogP contribution in [0.1, 0.15) is 36.3 Å². The second kappa shape index (κ2) is 13.2. The number of nitrogens with one attached hydrogen (secondary N) is 1. The van der Waals surface area contributed by atoms with Gasteiger partial charge in [-0.3, -0.25) is 9.78 Å². The first-order valence-corrected chi connectivity index (χ1v) is 13.2. The average Bonchev–Trinajstić information content (AvgIpc) is 2.88. The molecule has 0 fully saturated rings. The third-order valence-corrected chi connectivity index (χ3v) is 7.23. The third-order valence-electron chi connectivity index (χ3n) is 5.54. The van der Waals surface area contributed by atoms with Crippen LogP contribution in [0.2, 0.25) is 5.02 Å². The van der Waals surface area contributed by atoms with E-state index in [4.69, 9.17) is 21.1 Å². The van der Waals surface area contributed by atoms with Gasteiger partial charge >= 0.3 is 5.97 Å². The maximum Gasteiger partial charge on any atom is 0.305 e. The van der Waals surface area contributed by atoms with Gasteiger partial charge in [-0.15, -0.1) is 0 Å². The molecule has 3 aromatic rings. The maximum absolute atomic E-state index is 12.8. The molecule has 186 valence electrons. The Morgan fingerprint density at radius 3 is 2.49 bits per heavy atom. The zero-order valence-electron chi connectivity index (χ0n) is 19.5. The molecule has 0 bridgehead atoms. The highest BCUT2D eigenvalue weighted by Gasteiger charge is 2.18. The molecule has 1 unspecified atom stereocenters. The van der Waals surface area contributed by atoms with Gasteiger partial charge in [-0.2, -0.15) is 0 Å². The number of carbonyl (C=O) groups is 1. The van der Waals surface area contributed by atoms with Crippen molar-refractivity contribution >= 4 is 27.6 Å². The summed E-state index contributed by atoms with van der Waals surface area (Å²) in [6.07, 6.45) is 5.68. The maximum atomic E-state index is 12.8. The Labute approximate surface area is 211 Å². The van der Waals surface area contributed by atoms with Gasteiger partial charge in [-0.1, -0.05) is 35.9 Å². The van der Waals surface area contributed by atoms with Crippen molar-refractivity contribution in [2.75, 3.05) is 20.3 Å². The lowest BCUT2D eigenvalue weighted by atomic mass is 9.93. The average molecular weight is 517 g/mol. The van der Waals surface area contributed by atoms with Crippen LogP contribution in [0.3, 0.4) is 0 Å². The second-order valence-electron chi connectivity index (χ2n) is 8.00. The second-order valence-corrected chi connectivity index (χ2v) is 10.2. The summed E-state index contributed by atoms with van der Waals surface area (Å²) in [6.45, 7) is 0.725. The summed E-state index contributed by atoms with van der Waals surface area (Å²) in [4.78, 5) is 15.6. The van der Waals surface area contributed by atoms with Gasteiger partial charge in [0.1, 0.15) is 5.75 Å². The van der Waals surface area contributed by atoms with Crippen LogP contribution >= 0.6 is 11.6 Å². The molecule has 3 rings (SSSR count). The zero-order valence-corrected chi connectivity index (χ0v) is 21.1. The highest BCUT2D eigenvalue weighted by Crippen LogP contribution is 2.23. The lowest BCUT2D eigenvalue weighted by Gasteiger charge is -2.19. The van der Waals surface area contributed by atoms with Crippen molar-refractivity contribution in [1.29, 1.82) is 0 Å². The van der Waals surface area contributed by atoms with E-state index in [0.29, 0.717) is 36.6 Å². The monoisotopic (exact) mass is 516 g/mol. The SMILES string of the molecule is COC(=O)CCc1ccc(C(CCCOc2cccnc2)CNS(=O)(=O)c2ccc(Cl)cc2)cc1. The Hall–Kier alpha value is -2.94. The van der Waals surface area contributed by atoms with Crippen molar-refractivity contribution in [2.45, 2.75) is 36.5 Å². The zero-order chi connectivity index (χ0) is 25.1. The number of nitrogens with zero attached hydrogens (tertiary/aromatic N) is 1. The van der Waals surface area contributed by atoms with Gasteiger partial charge in [-0.25, -0.2) is 13.1 Å². The van der Waals surface area contributed by atoms with E-state index < -0.39 is 10.0 Å². The number of hydrogen-bond acceptors (Lipinski definition) is 6. The van der Waals surface area contributed by atoms with Gasteiger partial charge in [0.25, 0.3) is 0 Å². The van der Waals surface area contributed by atoms with Crippen molar-refractivity contribution in [1.82, 2.24) is 9.71 Å². The predicted molar refractivity (Wildman–Crippen MR) is 135 cm³/mol. The lowest BCUT2D eigenvalue weighted by Crippen LogP contribution is -2.29. The van der Waals surface area contributed by atoms with Crippen molar-refractivity contribution in [3.8, 4) is 5.75 Å². The minimum Gasteiger partial charge on any atom is -0.492 e. The Kier molecular flexibility index (Phi) is 10.1. The number of hydrogen-bond donors (Lipinski definition) is 1. The molecular weight excluding hydrogens is 488 g/mol. The van der Waals surface area contributed by atoms with Crippen LogP contribution in [0, 0.1) is 0 Å². The molecule has 35 heavy (non-hydrogen) atoms. The number of halogens is 1. The quantitative estimate of drug-likeness (QED) is 0.260. The molecule has 0 aliphatic rings. The van der Waals surface area contributed by atoms with E-state index in [9.17, 15) is 13.2 Å². The fraction of sp³-hybridized carbons (Fsp3) is 0.308. The molecule has 1 atom stereocenters. The molecule has 0 radical (unpaired) electrons. The van der Waals surface area contributed by atoms with Gasteiger partial charge in [-0.05, 0) is 72.7 Å². The molecule has 7 nitrogen and oxygen atoms in total. The highest BCUT2D eigenvalue weighted by molar-refractivity contribution is 7.89. The molecule has 1 aromatic heterocycles. The van der Waals surface area contributed by atoms with E-state index in [2.05, 4.69) is 9.71 Å². The molecule has 0 aliphatic heterocycles. The first-order valence-electron chi connectivity index (χ1n) is 11.3. The Morgan fingerprint density at radius 2 is 1.83 bits per heavy atom. The smallest absolute Gasteiger partial charge is 0.305 e. The number of ether oxygens (including phenoxy) is 2. The molecule has 9 heteroatoms. The lowest BCUT2D eigenvalue weighted by molar-refractivity contribution is -0.140. The minimum atomic E-state index is -3.68. The van der Waals surface area contributed by atoms with Gasteiger partial charge in [0.2, 0.25) is 10.0 Å². The summed E-state index contributed by atoms with van der Waals surface area (Å²) in [5.74, 6) is 0.379. The summed E-state index contributed by atoms with van der Waals surface area (Å²) >= 11 is 5.89. The summed E-state index contributed by atoms with van der Waals surface area (Å²) < 4.78 is 38.8. The van der Waals surface area contributed by atoms with E-state index >= 15 is 0 Å². The third kappa shape index (κ3) is 8.65. The standard InChI is InChI=1S/C26H29ClN2O5S/c1-33-26(30)15-8-20-6-9-21(10-7-20)22(4-3-17-34-24-5-2-16-28-19-24)18-29-35(31,32)25-13-11-23(27)12-14-25/h2,5-7,9-14,16,19,22,29H,3-4,8,15,17-18H2,1H3. The Morgan fingerprint density at radius 1 is 1.09 bits per heavy atom. The highest BCUT2D eigenvalue weighted by atomic mass is 35.5. The Balaban J connectivity index is 1.65. The van der Waals surface area contributed by atoms with Crippen molar-refractivity contribution < 1.29 is 22.7 Å². The van der Waals surface area contributed by atoms with Crippen LogP contribution in [0.4, 0.5) is 0 Å². The Bertz CT molecular complexity index is 1170. The number of aromatic nitrogens is 1. The number of esters is 1. The van der Waals surface area contributed by atoms with Crippen LogP contribution in [0.5, 0.6) is 5.75 Å². The van der Waals surface area contributed by atoms with Crippen LogP contribution in [-0.2, 0) is 26.0 Å². The van der Waals surface area contributed by atoms with E-state index in [1.165, 1.54) is 19.2 Å². The van der Waals surface area contributed by atoms with Gasteiger partial charge in [0.15, 0.2) is 0 Å². The number of carbonyl (C=O) groups excluding carboxylic acids is 1. The van der Waals surface area contributed by atoms with Crippen LogP contribution in [0.25, 0.3) is 0 Å². The molecule has 1 heterocycles. The minimum absolute atomic E-state index is 0.0655. The predicted octanol–water partition coefficient (Wildman–Crippen LogP) is 4.76. The largest absolute Gasteiger partial charge is 0.492 e. The topological polar surface area (TPSA) is 94.6 Å². The summed E-state index contributed by atoms with van der Waals surface area (Å²) in [5, 5.41) is 0.475. The fourth-order valence-electron chi connectivity index (χ4n) is 3.55. The van der Waals surface area contributed by atoms with Gasteiger partial charge in [0.05, 0.1) is 24.8 Å². The molecule has 0 saturated heterocycles. The molecule has 0 saturated carbocycles. The van der Waals surface area contributed by atoms with Crippen LogP contribution in [-0.4, -0.2) is 39.6 Å². The molecule has 0 spiro atoms. The number of methoxy groups -OCH3 is 1.